The van der Waals surface area contributed by atoms with Crippen LogP contribution in [0, 0.1) is 0 Å². The van der Waals surface area contributed by atoms with Gasteiger partial charge in [-0.15, -0.1) is 0 Å². The lowest BCUT2D eigenvalue weighted by atomic mass is 9.93. The van der Waals surface area contributed by atoms with Crippen molar-refractivity contribution in [2.75, 3.05) is 13.7 Å². The number of carbonyl (C=O) groups excluding carboxylic acids is 1. The fraction of sp³-hybridized carbons (Fsp3) is 0.588. The molecule has 0 radical (unpaired) electrons. The van der Waals surface area contributed by atoms with E-state index >= 15 is 0 Å². The van der Waals surface area contributed by atoms with E-state index < -0.39 is 5.60 Å². The minimum absolute atomic E-state index is 0.147. The van der Waals surface area contributed by atoms with E-state index in [4.69, 9.17) is 9.47 Å². The molecule has 0 aliphatic carbocycles. The normalized spacial score (nSPS) is 22.2. The first kappa shape index (κ1) is 15.7. The predicted molar refractivity (Wildman–Crippen MR) is 82.8 cm³/mol. The first-order valence-corrected chi connectivity index (χ1v) is 7.45. The van der Waals surface area contributed by atoms with E-state index in [9.17, 15) is 4.79 Å². The number of nitrogens with zero attached hydrogens (tertiary/aromatic N) is 1. The van der Waals surface area contributed by atoms with Crippen LogP contribution in [0.4, 0.5) is 4.79 Å². The summed E-state index contributed by atoms with van der Waals surface area (Å²) in [5.41, 5.74) is 0.795. The van der Waals surface area contributed by atoms with E-state index in [2.05, 4.69) is 19.1 Å². The van der Waals surface area contributed by atoms with Gasteiger partial charge >= 0.3 is 6.09 Å². The Bertz CT molecular complexity index is 490. The van der Waals surface area contributed by atoms with Gasteiger partial charge in [0.1, 0.15) is 11.4 Å². The zero-order valence-electron chi connectivity index (χ0n) is 13.6. The van der Waals surface area contributed by atoms with E-state index in [0.717, 1.165) is 18.7 Å². The molecule has 116 valence electrons. The summed E-state index contributed by atoms with van der Waals surface area (Å²) in [7, 11) is 1.66. The quantitative estimate of drug-likeness (QED) is 0.831. The van der Waals surface area contributed by atoms with E-state index in [1.807, 2.05) is 37.8 Å². The molecule has 1 aromatic rings. The Kier molecular flexibility index (Phi) is 4.45. The molecule has 4 heteroatoms. The summed E-state index contributed by atoms with van der Waals surface area (Å²) in [4.78, 5) is 14.1. The number of methoxy groups -OCH3 is 1. The molecule has 2 atom stereocenters. The molecular weight excluding hydrogens is 266 g/mol. The first-order chi connectivity index (χ1) is 9.81. The van der Waals surface area contributed by atoms with Crippen LogP contribution in [0.5, 0.6) is 5.75 Å². The summed E-state index contributed by atoms with van der Waals surface area (Å²) in [6.07, 6.45) is 0.748. The number of likely N-dealkylation sites (tertiary alicyclic amines) is 1. The number of hydrogen-bond acceptors (Lipinski definition) is 3. The zero-order chi connectivity index (χ0) is 15.6. The number of rotatable bonds is 2. The van der Waals surface area contributed by atoms with E-state index in [0.29, 0.717) is 5.92 Å². The maximum atomic E-state index is 12.2. The largest absolute Gasteiger partial charge is 0.497 e. The maximum Gasteiger partial charge on any atom is 0.410 e. The minimum atomic E-state index is -0.449. The van der Waals surface area contributed by atoms with Gasteiger partial charge in [0.15, 0.2) is 0 Å². The summed E-state index contributed by atoms with van der Waals surface area (Å²) in [5, 5.41) is 0. The summed E-state index contributed by atoms with van der Waals surface area (Å²) in [5.74, 6) is 1.21. The van der Waals surface area contributed by atoms with Gasteiger partial charge in [0.2, 0.25) is 0 Å². The number of carbonyl (C=O) groups is 1. The standard InChI is InChI=1S/C17H25NO3/c1-12-15(13-6-8-14(20-5)9-7-13)10-11-18(12)16(19)21-17(2,3)4/h6-9,12,15H,10-11H2,1-5H3. The number of amides is 1. The molecule has 0 bridgehead atoms. The van der Waals surface area contributed by atoms with Crippen LogP contribution in [0.3, 0.4) is 0 Å². The van der Waals surface area contributed by atoms with Crippen LogP contribution >= 0.6 is 0 Å². The molecule has 1 fully saturated rings. The molecule has 0 spiro atoms. The molecule has 4 nitrogen and oxygen atoms in total. The van der Waals surface area contributed by atoms with E-state index in [1.165, 1.54) is 5.56 Å². The highest BCUT2D eigenvalue weighted by molar-refractivity contribution is 5.69. The van der Waals surface area contributed by atoms with Crippen molar-refractivity contribution in [1.82, 2.24) is 4.90 Å². The molecule has 2 unspecified atom stereocenters. The highest BCUT2D eigenvalue weighted by atomic mass is 16.6. The van der Waals surface area contributed by atoms with Gasteiger partial charge in [-0.05, 0) is 51.8 Å². The van der Waals surface area contributed by atoms with Crippen molar-refractivity contribution in [3.8, 4) is 5.75 Å². The predicted octanol–water partition coefficient (Wildman–Crippen LogP) is 3.81. The van der Waals surface area contributed by atoms with Crippen LogP contribution in [0.1, 0.15) is 45.6 Å². The molecule has 1 aromatic carbocycles. The Balaban J connectivity index is 2.06. The summed E-state index contributed by atoms with van der Waals surface area (Å²) >= 11 is 0. The SMILES string of the molecule is COc1ccc(C2CCN(C(=O)OC(C)(C)C)C2C)cc1. The Morgan fingerprint density at radius 2 is 1.86 bits per heavy atom. The van der Waals surface area contributed by atoms with Crippen molar-refractivity contribution in [3.05, 3.63) is 29.8 Å². The Morgan fingerprint density at radius 3 is 2.38 bits per heavy atom. The van der Waals surface area contributed by atoms with Gasteiger partial charge < -0.3 is 14.4 Å². The van der Waals surface area contributed by atoms with Crippen LogP contribution in [-0.4, -0.2) is 36.3 Å². The molecule has 0 N–H and O–H groups in total. The number of benzene rings is 1. The average Bonchev–Trinajstić information content (AvgIpc) is 2.79. The lowest BCUT2D eigenvalue weighted by molar-refractivity contribution is 0.0233. The highest BCUT2D eigenvalue weighted by Crippen LogP contribution is 2.34. The molecule has 21 heavy (non-hydrogen) atoms. The molecule has 0 aromatic heterocycles. The van der Waals surface area contributed by atoms with Gasteiger partial charge in [-0.2, -0.15) is 0 Å². The van der Waals surface area contributed by atoms with Crippen molar-refractivity contribution in [2.45, 2.75) is 51.7 Å². The van der Waals surface area contributed by atoms with Crippen LogP contribution in [0.2, 0.25) is 0 Å². The Morgan fingerprint density at radius 1 is 1.24 bits per heavy atom. The summed E-state index contributed by atoms with van der Waals surface area (Å²) < 4.78 is 10.7. The lowest BCUT2D eigenvalue weighted by Crippen LogP contribution is -2.39. The highest BCUT2D eigenvalue weighted by Gasteiger charge is 2.36. The third-order valence-electron chi connectivity index (χ3n) is 3.93. The minimum Gasteiger partial charge on any atom is -0.497 e. The lowest BCUT2D eigenvalue weighted by Gasteiger charge is -2.28. The Hall–Kier alpha value is -1.71. The molecule has 1 amide bonds. The molecule has 0 saturated carbocycles. The zero-order valence-corrected chi connectivity index (χ0v) is 13.6. The van der Waals surface area contributed by atoms with Gasteiger partial charge in [-0.3, -0.25) is 0 Å². The van der Waals surface area contributed by atoms with Gasteiger partial charge in [0, 0.05) is 18.5 Å². The molecule has 1 aliphatic heterocycles. The van der Waals surface area contributed by atoms with Gasteiger partial charge in [-0.1, -0.05) is 12.1 Å². The third-order valence-corrected chi connectivity index (χ3v) is 3.93. The van der Waals surface area contributed by atoms with Crippen molar-refractivity contribution in [2.24, 2.45) is 0 Å². The van der Waals surface area contributed by atoms with Gasteiger partial charge in [0.05, 0.1) is 7.11 Å². The second-order valence-electron chi connectivity index (χ2n) is 6.58. The second kappa shape index (κ2) is 5.96. The van der Waals surface area contributed by atoms with Gasteiger partial charge in [0.25, 0.3) is 0 Å². The Labute approximate surface area is 127 Å². The topological polar surface area (TPSA) is 38.8 Å². The fourth-order valence-electron chi connectivity index (χ4n) is 2.81. The summed E-state index contributed by atoms with van der Waals surface area (Å²) in [6, 6.07) is 8.25. The molecular formula is C17H25NO3. The van der Waals surface area contributed by atoms with Crippen LogP contribution in [0.15, 0.2) is 24.3 Å². The van der Waals surface area contributed by atoms with E-state index in [-0.39, 0.29) is 12.1 Å². The summed E-state index contributed by atoms with van der Waals surface area (Å²) in [6.45, 7) is 8.52. The smallest absolute Gasteiger partial charge is 0.410 e. The molecule has 2 rings (SSSR count). The monoisotopic (exact) mass is 291 g/mol. The van der Waals surface area contributed by atoms with Crippen molar-refractivity contribution < 1.29 is 14.3 Å². The van der Waals surface area contributed by atoms with Crippen LogP contribution in [-0.2, 0) is 4.74 Å². The average molecular weight is 291 g/mol. The molecule has 1 aliphatic rings. The first-order valence-electron chi connectivity index (χ1n) is 7.45. The van der Waals surface area contributed by atoms with Gasteiger partial charge in [-0.25, -0.2) is 4.79 Å². The number of ether oxygens (including phenoxy) is 2. The third kappa shape index (κ3) is 3.69. The second-order valence-corrected chi connectivity index (χ2v) is 6.58. The van der Waals surface area contributed by atoms with Crippen LogP contribution < -0.4 is 4.74 Å². The molecule has 1 saturated heterocycles. The van der Waals surface area contributed by atoms with E-state index in [1.54, 1.807) is 7.11 Å². The maximum absolute atomic E-state index is 12.2. The number of hydrogen-bond donors (Lipinski definition) is 0. The van der Waals surface area contributed by atoms with Crippen molar-refractivity contribution in [3.63, 3.8) is 0 Å². The van der Waals surface area contributed by atoms with Crippen molar-refractivity contribution in [1.29, 1.82) is 0 Å². The molecule has 1 heterocycles. The van der Waals surface area contributed by atoms with Crippen LogP contribution in [0.25, 0.3) is 0 Å². The fourth-order valence-corrected chi connectivity index (χ4v) is 2.81. The van der Waals surface area contributed by atoms with Crippen molar-refractivity contribution >= 4 is 6.09 Å².